The molecule has 0 amide bonds. The SMILES string of the molecule is CC1=C2C[C@H]3[C@@H](CC[C@@H]4CC(=O)CC[C@@]43C)[C@@H]2CC[C@@]2(C1)O[C@@H]1C[C@H](C)CN(CC(=O)c3ccccc3)[C@H]1[C@H]2C. The number of carbonyl (C=O) groups is 2. The summed E-state index contributed by atoms with van der Waals surface area (Å²) in [6, 6.07) is 10.1. The third-order valence-corrected chi connectivity index (χ3v) is 13.1. The normalized spacial score (nSPS) is 45.0. The van der Waals surface area contributed by atoms with Crippen LogP contribution in [0.2, 0.25) is 0 Å². The number of piperidine rings is 1. The van der Waals surface area contributed by atoms with E-state index in [0.717, 1.165) is 62.5 Å². The Morgan fingerprint density at radius 2 is 1.88 bits per heavy atom. The molecule has 0 N–H and O–H groups in total. The number of ketones is 2. The van der Waals surface area contributed by atoms with Crippen molar-refractivity contribution >= 4 is 11.6 Å². The zero-order valence-corrected chi connectivity index (χ0v) is 25.2. The van der Waals surface area contributed by atoms with Gasteiger partial charge in [0.1, 0.15) is 5.78 Å². The highest BCUT2D eigenvalue weighted by atomic mass is 16.5. The number of nitrogens with zero attached hydrogens (tertiary/aromatic N) is 1. The highest BCUT2D eigenvalue weighted by Gasteiger charge is 2.60. The molecule has 7 rings (SSSR count). The van der Waals surface area contributed by atoms with Gasteiger partial charge in [0.05, 0.1) is 18.2 Å². The monoisotopic (exact) mass is 543 g/mol. The minimum absolute atomic E-state index is 0.108. The molecule has 4 nitrogen and oxygen atoms in total. The Morgan fingerprint density at radius 3 is 2.67 bits per heavy atom. The molecule has 0 bridgehead atoms. The van der Waals surface area contributed by atoms with Crippen molar-refractivity contribution in [3.05, 3.63) is 47.0 Å². The van der Waals surface area contributed by atoms with Crippen LogP contribution in [0.1, 0.15) is 102 Å². The van der Waals surface area contributed by atoms with Crippen molar-refractivity contribution < 1.29 is 14.3 Å². The summed E-state index contributed by atoms with van der Waals surface area (Å²) in [6.45, 7) is 11.2. The van der Waals surface area contributed by atoms with Crippen molar-refractivity contribution in [1.82, 2.24) is 4.90 Å². The Bertz CT molecular complexity index is 1210. The minimum Gasteiger partial charge on any atom is -0.369 e. The van der Waals surface area contributed by atoms with Crippen LogP contribution >= 0.6 is 0 Å². The van der Waals surface area contributed by atoms with E-state index in [2.05, 4.69) is 32.6 Å². The molecule has 1 aromatic carbocycles. The van der Waals surface area contributed by atoms with E-state index in [1.165, 1.54) is 25.7 Å². The van der Waals surface area contributed by atoms with E-state index in [0.29, 0.717) is 47.5 Å². The van der Waals surface area contributed by atoms with Gasteiger partial charge >= 0.3 is 0 Å². The third-order valence-electron chi connectivity index (χ3n) is 13.1. The van der Waals surface area contributed by atoms with Crippen molar-refractivity contribution in [1.29, 1.82) is 0 Å². The number of allylic oxidation sites excluding steroid dienone is 1. The van der Waals surface area contributed by atoms with Gasteiger partial charge in [0.25, 0.3) is 0 Å². The van der Waals surface area contributed by atoms with Crippen LogP contribution in [0.5, 0.6) is 0 Å². The fourth-order valence-electron chi connectivity index (χ4n) is 11.1. The van der Waals surface area contributed by atoms with Gasteiger partial charge in [-0.05, 0) is 93.3 Å². The molecular formula is C36H49NO3. The summed E-state index contributed by atoms with van der Waals surface area (Å²) in [7, 11) is 0. The molecule has 2 heterocycles. The van der Waals surface area contributed by atoms with Gasteiger partial charge in [-0.2, -0.15) is 0 Å². The highest BCUT2D eigenvalue weighted by Crippen LogP contribution is 2.65. The predicted octanol–water partition coefficient (Wildman–Crippen LogP) is 7.28. The van der Waals surface area contributed by atoms with E-state index < -0.39 is 0 Å². The standard InChI is InChI=1S/C36H49NO3/c1-22-16-33-34(37(20-22)21-32(39)25-8-6-5-7-9-25)24(3)36(40-33)15-13-28-29-11-10-26-17-27(38)12-14-35(26,4)31(29)18-30(28)23(2)19-36/h5-9,22,24,26,28-29,31,33-34H,10-21H2,1-4H3/t22-,24+,26+,28-,29-,31-,33+,34-,35-,36-/m0/s1. The number of hydrogen-bond acceptors (Lipinski definition) is 4. The van der Waals surface area contributed by atoms with Gasteiger partial charge in [0.15, 0.2) is 5.78 Å². The maximum absolute atomic E-state index is 13.3. The molecule has 40 heavy (non-hydrogen) atoms. The highest BCUT2D eigenvalue weighted by molar-refractivity contribution is 5.97. The first kappa shape index (κ1) is 27.1. The van der Waals surface area contributed by atoms with Gasteiger partial charge in [0, 0.05) is 36.9 Å². The predicted molar refractivity (Wildman–Crippen MR) is 158 cm³/mol. The van der Waals surface area contributed by atoms with Gasteiger partial charge in [-0.3, -0.25) is 14.5 Å². The summed E-state index contributed by atoms with van der Waals surface area (Å²) in [5.74, 6) is 4.54. The summed E-state index contributed by atoms with van der Waals surface area (Å²) < 4.78 is 7.24. The smallest absolute Gasteiger partial charge is 0.176 e. The second-order valence-corrected chi connectivity index (χ2v) is 15.2. The summed E-state index contributed by atoms with van der Waals surface area (Å²) in [5.41, 5.74) is 4.43. The van der Waals surface area contributed by atoms with Crippen LogP contribution in [-0.2, 0) is 9.53 Å². The van der Waals surface area contributed by atoms with Gasteiger partial charge in [-0.15, -0.1) is 0 Å². The zero-order chi connectivity index (χ0) is 27.8. The molecule has 4 heteroatoms. The van der Waals surface area contributed by atoms with E-state index >= 15 is 0 Å². The molecule has 2 saturated heterocycles. The topological polar surface area (TPSA) is 46.6 Å². The maximum Gasteiger partial charge on any atom is 0.176 e. The minimum atomic E-state index is -0.108. The average Bonchev–Trinajstić information content (AvgIpc) is 3.39. The first-order chi connectivity index (χ1) is 19.2. The first-order valence-electron chi connectivity index (χ1n) is 16.4. The van der Waals surface area contributed by atoms with E-state index in [1.54, 1.807) is 11.1 Å². The van der Waals surface area contributed by atoms with Crippen molar-refractivity contribution in [2.45, 2.75) is 110 Å². The quantitative estimate of drug-likeness (QED) is 0.297. The van der Waals surface area contributed by atoms with Crippen LogP contribution in [0.3, 0.4) is 0 Å². The van der Waals surface area contributed by atoms with E-state index in [1.807, 2.05) is 30.3 Å². The zero-order valence-electron chi connectivity index (χ0n) is 25.2. The number of carbonyl (C=O) groups excluding carboxylic acids is 2. The van der Waals surface area contributed by atoms with E-state index in [4.69, 9.17) is 4.74 Å². The third kappa shape index (κ3) is 4.22. The van der Waals surface area contributed by atoms with Crippen molar-refractivity contribution in [2.75, 3.05) is 13.1 Å². The molecule has 0 radical (unpaired) electrons. The number of likely N-dealkylation sites (tertiary alicyclic amines) is 1. The molecule has 0 aromatic heterocycles. The van der Waals surface area contributed by atoms with Crippen LogP contribution in [-0.4, -0.2) is 47.3 Å². The van der Waals surface area contributed by atoms with Gasteiger partial charge in [-0.25, -0.2) is 0 Å². The second-order valence-electron chi connectivity index (χ2n) is 15.2. The molecule has 216 valence electrons. The van der Waals surface area contributed by atoms with E-state index in [-0.39, 0.29) is 17.5 Å². The van der Waals surface area contributed by atoms with Crippen molar-refractivity contribution in [3.63, 3.8) is 0 Å². The summed E-state index contributed by atoms with van der Waals surface area (Å²) in [4.78, 5) is 28.1. The molecule has 3 saturated carbocycles. The Morgan fingerprint density at radius 1 is 1.07 bits per heavy atom. The second kappa shape index (κ2) is 9.90. The lowest BCUT2D eigenvalue weighted by Crippen LogP contribution is -2.53. The summed E-state index contributed by atoms with van der Waals surface area (Å²) in [5, 5.41) is 0. The molecule has 5 fully saturated rings. The van der Waals surface area contributed by atoms with E-state index in [9.17, 15) is 9.59 Å². The fourth-order valence-corrected chi connectivity index (χ4v) is 11.1. The fraction of sp³-hybridized carbons (Fsp3) is 0.722. The number of Topliss-reactive ketones (excluding diaryl/α,β-unsaturated/α-hetero) is 2. The van der Waals surface area contributed by atoms with Gasteiger partial charge in [-0.1, -0.05) is 62.2 Å². The molecule has 1 spiro atoms. The first-order valence-corrected chi connectivity index (χ1v) is 16.4. The van der Waals surface area contributed by atoms with Crippen molar-refractivity contribution in [2.24, 2.45) is 40.9 Å². The largest absolute Gasteiger partial charge is 0.369 e. The lowest BCUT2D eigenvalue weighted by molar-refractivity contribution is -0.129. The number of hydrogen-bond donors (Lipinski definition) is 0. The molecule has 2 aliphatic heterocycles. The molecule has 10 atom stereocenters. The lowest BCUT2D eigenvalue weighted by atomic mass is 9.52. The summed E-state index contributed by atoms with van der Waals surface area (Å²) in [6.07, 6.45) is 11.3. The molecule has 1 aromatic rings. The molecule has 6 aliphatic rings. The molecule has 4 aliphatic carbocycles. The van der Waals surface area contributed by atoms with Crippen LogP contribution in [0.4, 0.5) is 0 Å². The Kier molecular flexibility index (Phi) is 6.70. The molecular weight excluding hydrogens is 494 g/mol. The van der Waals surface area contributed by atoms with Crippen LogP contribution < -0.4 is 0 Å². The maximum atomic E-state index is 13.3. The number of fused-ring (bicyclic) bond motifs is 6. The van der Waals surface area contributed by atoms with Crippen molar-refractivity contribution in [3.8, 4) is 0 Å². The van der Waals surface area contributed by atoms with Crippen LogP contribution in [0, 0.1) is 40.9 Å². The Labute approximate surface area is 241 Å². The number of rotatable bonds is 3. The summed E-state index contributed by atoms with van der Waals surface area (Å²) >= 11 is 0. The Balaban J connectivity index is 1.13. The average molecular weight is 544 g/mol. The van der Waals surface area contributed by atoms with Gasteiger partial charge in [0.2, 0.25) is 0 Å². The Hall–Kier alpha value is -1.78. The number of benzene rings is 1. The van der Waals surface area contributed by atoms with Gasteiger partial charge < -0.3 is 4.74 Å². The van der Waals surface area contributed by atoms with Crippen LogP contribution in [0.25, 0.3) is 0 Å². The lowest BCUT2D eigenvalue weighted by Gasteiger charge is -2.52. The molecule has 0 unspecified atom stereocenters. The number of ether oxygens (including phenoxy) is 1. The van der Waals surface area contributed by atoms with Crippen LogP contribution in [0.15, 0.2) is 41.5 Å².